The van der Waals surface area contributed by atoms with E-state index in [4.69, 9.17) is 5.11 Å². The predicted molar refractivity (Wildman–Crippen MR) is 106 cm³/mol. The van der Waals surface area contributed by atoms with Gasteiger partial charge >= 0.3 is 5.97 Å². The molecule has 2 aliphatic rings. The molecule has 0 spiro atoms. The molecule has 0 saturated heterocycles. The molecule has 3 N–H and O–H groups in total. The van der Waals surface area contributed by atoms with E-state index in [-0.39, 0.29) is 12.5 Å². The molecule has 26 heavy (non-hydrogen) atoms. The molecule has 0 aromatic heterocycles. The summed E-state index contributed by atoms with van der Waals surface area (Å²) in [6.07, 6.45) is 6.36. The minimum absolute atomic E-state index is 0.154. The number of nitrogens with one attached hydrogen (secondary N) is 1. The lowest BCUT2D eigenvalue weighted by Gasteiger charge is -2.53. The van der Waals surface area contributed by atoms with Crippen LogP contribution in [0.2, 0.25) is 0 Å². The summed E-state index contributed by atoms with van der Waals surface area (Å²) in [5.74, 6) is 2.05. The molecule has 152 valence electrons. The summed E-state index contributed by atoms with van der Waals surface area (Å²) in [5, 5.41) is 23.3. The second-order valence-corrected chi connectivity index (χ2v) is 10.3. The van der Waals surface area contributed by atoms with Gasteiger partial charge in [-0.3, -0.25) is 4.79 Å². The third kappa shape index (κ3) is 5.69. The Labute approximate surface area is 160 Å². The highest BCUT2D eigenvalue weighted by Crippen LogP contribution is 2.49. The Morgan fingerprint density at radius 2 is 1.92 bits per heavy atom. The summed E-state index contributed by atoms with van der Waals surface area (Å²) in [6, 6.07) is 0.407. The van der Waals surface area contributed by atoms with E-state index in [1.54, 1.807) is 0 Å². The molecule has 0 amide bonds. The van der Waals surface area contributed by atoms with Gasteiger partial charge in [-0.25, -0.2) is 0 Å². The normalized spacial score (nSPS) is 36.4. The van der Waals surface area contributed by atoms with Crippen LogP contribution in [-0.2, 0) is 4.79 Å². The number of rotatable bonds is 7. The minimum atomic E-state index is -0.715. The second kappa shape index (κ2) is 9.05. The molecular formula is C22H41NO3. The van der Waals surface area contributed by atoms with Crippen LogP contribution in [-0.4, -0.2) is 34.9 Å². The van der Waals surface area contributed by atoms with E-state index in [0.717, 1.165) is 25.8 Å². The molecule has 2 aliphatic carbocycles. The number of aliphatic hydroxyl groups is 1. The Morgan fingerprint density at radius 1 is 1.23 bits per heavy atom. The van der Waals surface area contributed by atoms with Gasteiger partial charge in [-0.1, -0.05) is 41.0 Å². The van der Waals surface area contributed by atoms with Crippen LogP contribution in [0, 0.1) is 35.0 Å². The molecular weight excluding hydrogens is 326 g/mol. The number of carboxylic acids is 1. The predicted octanol–water partition coefficient (Wildman–Crippen LogP) is 4.31. The van der Waals surface area contributed by atoms with Crippen LogP contribution in [0.25, 0.3) is 0 Å². The third-order valence-corrected chi connectivity index (χ3v) is 6.80. The van der Waals surface area contributed by atoms with Crippen molar-refractivity contribution >= 4 is 5.97 Å². The van der Waals surface area contributed by atoms with Gasteiger partial charge in [0, 0.05) is 12.5 Å². The zero-order valence-corrected chi connectivity index (χ0v) is 17.5. The molecule has 7 atom stereocenters. The van der Waals surface area contributed by atoms with E-state index in [1.807, 2.05) is 0 Å². The lowest BCUT2D eigenvalue weighted by atomic mass is 9.56. The first-order valence-electron chi connectivity index (χ1n) is 10.7. The van der Waals surface area contributed by atoms with Crippen LogP contribution >= 0.6 is 0 Å². The molecule has 4 heteroatoms. The van der Waals surface area contributed by atoms with Gasteiger partial charge in [-0.05, 0) is 73.7 Å². The Kier molecular flexibility index (Phi) is 7.55. The highest BCUT2D eigenvalue weighted by molar-refractivity contribution is 5.66. The van der Waals surface area contributed by atoms with Crippen molar-refractivity contribution < 1.29 is 15.0 Å². The van der Waals surface area contributed by atoms with Gasteiger partial charge in [0.1, 0.15) is 0 Å². The smallest absolute Gasteiger partial charge is 0.303 e. The van der Waals surface area contributed by atoms with Gasteiger partial charge in [-0.15, -0.1) is 0 Å². The first-order chi connectivity index (χ1) is 12.1. The summed E-state index contributed by atoms with van der Waals surface area (Å²) in [5.41, 5.74) is 0.315. The van der Waals surface area contributed by atoms with Gasteiger partial charge in [0.15, 0.2) is 0 Å². The van der Waals surface area contributed by atoms with Gasteiger partial charge < -0.3 is 15.5 Å². The molecule has 2 fully saturated rings. The molecule has 2 unspecified atom stereocenters. The average molecular weight is 368 g/mol. The number of aliphatic carboxylic acids is 1. The Balaban J connectivity index is 2.14. The minimum Gasteiger partial charge on any atom is -0.481 e. The number of fused-ring (bicyclic) bond motifs is 1. The van der Waals surface area contributed by atoms with E-state index < -0.39 is 5.97 Å². The van der Waals surface area contributed by atoms with Crippen molar-refractivity contribution in [3.8, 4) is 0 Å². The van der Waals surface area contributed by atoms with Crippen molar-refractivity contribution in [2.24, 2.45) is 35.0 Å². The highest BCUT2D eigenvalue weighted by atomic mass is 16.4. The quantitative estimate of drug-likeness (QED) is 0.586. The SMILES string of the molecule is CC(CC(C)(C)C)[C@@H]1[C@H](C)C[C@@H]2C(CCC[C@@H]2O)[C@@H]1NCCCC(=O)O. The van der Waals surface area contributed by atoms with Crippen LogP contribution < -0.4 is 5.32 Å². The number of aliphatic hydroxyl groups excluding tert-OH is 1. The van der Waals surface area contributed by atoms with E-state index in [9.17, 15) is 9.90 Å². The van der Waals surface area contributed by atoms with Crippen molar-refractivity contribution in [1.82, 2.24) is 5.32 Å². The number of hydrogen-bond donors (Lipinski definition) is 3. The largest absolute Gasteiger partial charge is 0.481 e. The summed E-state index contributed by atoms with van der Waals surface area (Å²) in [6.45, 7) is 12.5. The second-order valence-electron chi connectivity index (χ2n) is 10.3. The highest BCUT2D eigenvalue weighted by Gasteiger charge is 2.48. The van der Waals surface area contributed by atoms with Gasteiger partial charge in [0.25, 0.3) is 0 Å². The maximum absolute atomic E-state index is 10.8. The van der Waals surface area contributed by atoms with Crippen molar-refractivity contribution in [2.45, 2.75) is 91.7 Å². The molecule has 0 bridgehead atoms. The van der Waals surface area contributed by atoms with Gasteiger partial charge in [-0.2, -0.15) is 0 Å². The Bertz CT molecular complexity index is 459. The fraction of sp³-hybridized carbons (Fsp3) is 0.955. The van der Waals surface area contributed by atoms with Crippen LogP contribution in [0.15, 0.2) is 0 Å². The Morgan fingerprint density at radius 3 is 2.54 bits per heavy atom. The van der Waals surface area contributed by atoms with E-state index in [2.05, 4.69) is 39.9 Å². The first-order valence-corrected chi connectivity index (χ1v) is 10.7. The van der Waals surface area contributed by atoms with Crippen molar-refractivity contribution in [3.63, 3.8) is 0 Å². The fourth-order valence-electron chi connectivity index (χ4n) is 6.09. The molecule has 0 aromatic rings. The number of hydrogen-bond acceptors (Lipinski definition) is 3. The van der Waals surface area contributed by atoms with Crippen LogP contribution in [0.1, 0.15) is 79.6 Å². The standard InChI is InChI=1S/C22H41NO3/c1-14-12-17-16(8-6-9-18(17)24)21(23-11-7-10-19(25)26)20(14)15(2)13-22(3,4)5/h14-18,20-21,23-24H,6-13H2,1-5H3,(H,25,26)/t14-,15?,16?,17-,18+,20+,21+/m1/s1. The molecule has 0 aromatic carbocycles. The molecule has 0 radical (unpaired) electrons. The topological polar surface area (TPSA) is 69.6 Å². The van der Waals surface area contributed by atoms with E-state index >= 15 is 0 Å². The van der Waals surface area contributed by atoms with E-state index in [0.29, 0.717) is 47.5 Å². The summed E-state index contributed by atoms with van der Waals surface area (Å²) < 4.78 is 0. The number of carbonyl (C=O) groups is 1. The number of carboxylic acid groups (broad SMARTS) is 1. The van der Waals surface area contributed by atoms with Crippen molar-refractivity contribution in [2.75, 3.05) is 6.54 Å². The van der Waals surface area contributed by atoms with Gasteiger partial charge in [0.05, 0.1) is 6.10 Å². The maximum atomic E-state index is 10.8. The average Bonchev–Trinajstić information content (AvgIpc) is 2.50. The zero-order chi connectivity index (χ0) is 19.5. The van der Waals surface area contributed by atoms with Crippen LogP contribution in [0.3, 0.4) is 0 Å². The summed E-state index contributed by atoms with van der Waals surface area (Å²) in [4.78, 5) is 10.8. The lowest BCUT2D eigenvalue weighted by molar-refractivity contribution is -0.137. The monoisotopic (exact) mass is 367 g/mol. The summed E-state index contributed by atoms with van der Waals surface area (Å²) >= 11 is 0. The fourth-order valence-corrected chi connectivity index (χ4v) is 6.09. The van der Waals surface area contributed by atoms with Crippen LogP contribution in [0.5, 0.6) is 0 Å². The molecule has 0 heterocycles. The van der Waals surface area contributed by atoms with Gasteiger partial charge in [0.2, 0.25) is 0 Å². The van der Waals surface area contributed by atoms with Crippen molar-refractivity contribution in [3.05, 3.63) is 0 Å². The lowest BCUT2D eigenvalue weighted by Crippen LogP contribution is -2.56. The molecule has 0 aliphatic heterocycles. The molecule has 4 nitrogen and oxygen atoms in total. The zero-order valence-electron chi connectivity index (χ0n) is 17.5. The van der Waals surface area contributed by atoms with Crippen LogP contribution in [0.4, 0.5) is 0 Å². The third-order valence-electron chi connectivity index (χ3n) is 6.80. The Hall–Kier alpha value is -0.610. The molecule has 2 rings (SSSR count). The van der Waals surface area contributed by atoms with E-state index in [1.165, 1.54) is 12.8 Å². The van der Waals surface area contributed by atoms with Crippen molar-refractivity contribution in [1.29, 1.82) is 0 Å². The molecule has 2 saturated carbocycles. The first kappa shape index (κ1) is 21.7. The summed E-state index contributed by atoms with van der Waals surface area (Å²) in [7, 11) is 0. The maximum Gasteiger partial charge on any atom is 0.303 e.